The molecule has 1 fully saturated rings. The molecule has 0 amide bonds. The van der Waals surface area contributed by atoms with Gasteiger partial charge in [-0.1, -0.05) is 47.5 Å². The number of piperidine rings is 1. The minimum absolute atomic E-state index is 0.546. The van der Waals surface area contributed by atoms with Gasteiger partial charge in [0.2, 0.25) is 0 Å². The summed E-state index contributed by atoms with van der Waals surface area (Å²) in [6, 6.07) is 16.0. The fraction of sp³-hybridized carbons (Fsp3) is 0.348. The van der Waals surface area contributed by atoms with Crippen molar-refractivity contribution in [3.05, 3.63) is 58.6 Å². The maximum Gasteiger partial charge on any atom is 0.0730 e. The van der Waals surface area contributed by atoms with Crippen molar-refractivity contribution >= 4 is 39.8 Å². The first-order valence-corrected chi connectivity index (χ1v) is 10.8. The Balaban J connectivity index is 1.53. The zero-order valence-corrected chi connectivity index (χ0v) is 17.4. The standard InChI is InChI=1S/C23H25Cl2N3/c24-19-10-9-17(13-20(19)25)22-14-23(18-7-1-2-8-21(18)28-22)27-12-4-6-16-5-3-11-26-15-16/h1-2,7-10,13-14,16,26H,3-6,11-12,15H2,(H,27,28). The minimum Gasteiger partial charge on any atom is -0.384 e. The normalized spacial score (nSPS) is 17.0. The smallest absolute Gasteiger partial charge is 0.0730 e. The van der Waals surface area contributed by atoms with Gasteiger partial charge in [-0.25, -0.2) is 4.98 Å². The Morgan fingerprint density at radius 3 is 2.79 bits per heavy atom. The Morgan fingerprint density at radius 1 is 1.07 bits per heavy atom. The number of nitrogens with zero attached hydrogens (tertiary/aromatic N) is 1. The molecule has 3 aromatic rings. The molecule has 28 heavy (non-hydrogen) atoms. The second kappa shape index (κ2) is 9.13. The van der Waals surface area contributed by atoms with Gasteiger partial charge in [0.15, 0.2) is 0 Å². The molecule has 0 bridgehead atoms. The Bertz CT molecular complexity index is 952. The Labute approximate surface area is 176 Å². The molecule has 0 saturated carbocycles. The fourth-order valence-electron chi connectivity index (χ4n) is 3.91. The first kappa shape index (κ1) is 19.5. The summed E-state index contributed by atoms with van der Waals surface area (Å²) in [5, 5.41) is 9.39. The van der Waals surface area contributed by atoms with Crippen molar-refractivity contribution in [3.63, 3.8) is 0 Å². The van der Waals surface area contributed by atoms with Crippen LogP contribution in [0.2, 0.25) is 10.0 Å². The van der Waals surface area contributed by atoms with E-state index < -0.39 is 0 Å². The first-order valence-electron chi connectivity index (χ1n) is 10.0. The number of pyridine rings is 1. The number of aromatic nitrogens is 1. The summed E-state index contributed by atoms with van der Waals surface area (Å²) in [7, 11) is 0. The molecule has 1 unspecified atom stereocenters. The van der Waals surface area contributed by atoms with E-state index >= 15 is 0 Å². The average Bonchev–Trinajstić information content (AvgIpc) is 2.73. The molecule has 5 heteroatoms. The van der Waals surface area contributed by atoms with Crippen LogP contribution in [0.1, 0.15) is 25.7 Å². The second-order valence-electron chi connectivity index (χ2n) is 7.48. The third kappa shape index (κ3) is 4.60. The highest BCUT2D eigenvalue weighted by Crippen LogP contribution is 2.32. The second-order valence-corrected chi connectivity index (χ2v) is 8.30. The summed E-state index contributed by atoms with van der Waals surface area (Å²) in [6.45, 7) is 3.31. The van der Waals surface area contributed by atoms with E-state index in [1.54, 1.807) is 0 Å². The van der Waals surface area contributed by atoms with E-state index in [0.717, 1.165) is 40.3 Å². The van der Waals surface area contributed by atoms with Gasteiger partial charge in [0.05, 0.1) is 21.3 Å². The number of hydrogen-bond acceptors (Lipinski definition) is 3. The molecule has 1 aliphatic rings. The lowest BCUT2D eigenvalue weighted by Crippen LogP contribution is -2.29. The summed E-state index contributed by atoms with van der Waals surface area (Å²) in [6.07, 6.45) is 5.10. The molecule has 2 aromatic carbocycles. The molecule has 1 saturated heterocycles. The lowest BCUT2D eigenvalue weighted by molar-refractivity contribution is 0.353. The summed E-state index contributed by atoms with van der Waals surface area (Å²) in [5.41, 5.74) is 3.96. The van der Waals surface area contributed by atoms with E-state index in [0.29, 0.717) is 10.0 Å². The molecular weight excluding hydrogens is 389 g/mol. The first-order chi connectivity index (χ1) is 13.7. The van der Waals surface area contributed by atoms with Crippen molar-refractivity contribution < 1.29 is 0 Å². The average molecular weight is 414 g/mol. The fourth-order valence-corrected chi connectivity index (χ4v) is 4.21. The van der Waals surface area contributed by atoms with E-state index in [2.05, 4.69) is 34.9 Å². The van der Waals surface area contributed by atoms with Gasteiger partial charge < -0.3 is 10.6 Å². The molecule has 4 rings (SSSR count). The van der Waals surface area contributed by atoms with Crippen molar-refractivity contribution in [1.29, 1.82) is 0 Å². The van der Waals surface area contributed by atoms with Gasteiger partial charge >= 0.3 is 0 Å². The van der Waals surface area contributed by atoms with E-state index in [1.165, 1.54) is 38.8 Å². The van der Waals surface area contributed by atoms with E-state index in [9.17, 15) is 0 Å². The lowest BCUT2D eigenvalue weighted by atomic mass is 9.95. The van der Waals surface area contributed by atoms with Gasteiger partial charge in [-0.05, 0) is 69.0 Å². The van der Waals surface area contributed by atoms with Crippen LogP contribution in [0.4, 0.5) is 5.69 Å². The summed E-state index contributed by atoms with van der Waals surface area (Å²) in [5.74, 6) is 0.816. The molecule has 2 heterocycles. The van der Waals surface area contributed by atoms with Crippen LogP contribution >= 0.6 is 23.2 Å². The van der Waals surface area contributed by atoms with Crippen LogP contribution in [0.5, 0.6) is 0 Å². The predicted octanol–water partition coefficient (Wildman–Crippen LogP) is 6.40. The van der Waals surface area contributed by atoms with Gasteiger partial charge in [-0.3, -0.25) is 0 Å². The molecule has 146 valence electrons. The zero-order chi connectivity index (χ0) is 19.3. The van der Waals surface area contributed by atoms with Gasteiger partial charge in [-0.15, -0.1) is 0 Å². The predicted molar refractivity (Wildman–Crippen MR) is 121 cm³/mol. The van der Waals surface area contributed by atoms with Crippen molar-refractivity contribution in [3.8, 4) is 11.3 Å². The molecular formula is C23H25Cl2N3. The number of benzene rings is 2. The summed E-state index contributed by atoms with van der Waals surface area (Å²) in [4.78, 5) is 4.83. The third-order valence-electron chi connectivity index (χ3n) is 5.44. The van der Waals surface area contributed by atoms with Crippen LogP contribution in [-0.2, 0) is 0 Å². The number of anilines is 1. The SMILES string of the molecule is Clc1ccc(-c2cc(NCCCC3CCCNC3)c3ccccc3n2)cc1Cl. The van der Waals surface area contributed by atoms with Crippen LogP contribution in [0.3, 0.4) is 0 Å². The number of hydrogen-bond donors (Lipinski definition) is 2. The van der Waals surface area contributed by atoms with Gasteiger partial charge in [0, 0.05) is 23.2 Å². The Morgan fingerprint density at radius 2 is 1.96 bits per heavy atom. The third-order valence-corrected chi connectivity index (χ3v) is 6.17. The van der Waals surface area contributed by atoms with Crippen LogP contribution in [0.25, 0.3) is 22.2 Å². The number of para-hydroxylation sites is 1. The lowest BCUT2D eigenvalue weighted by Gasteiger charge is -2.22. The highest BCUT2D eigenvalue weighted by molar-refractivity contribution is 6.42. The number of nitrogens with one attached hydrogen (secondary N) is 2. The topological polar surface area (TPSA) is 37.0 Å². The molecule has 2 N–H and O–H groups in total. The van der Waals surface area contributed by atoms with Crippen LogP contribution in [0.15, 0.2) is 48.5 Å². The Hall–Kier alpha value is -1.81. The highest BCUT2D eigenvalue weighted by Gasteiger charge is 2.13. The van der Waals surface area contributed by atoms with Crippen molar-refractivity contribution in [2.45, 2.75) is 25.7 Å². The quantitative estimate of drug-likeness (QED) is 0.458. The number of rotatable bonds is 6. The highest BCUT2D eigenvalue weighted by atomic mass is 35.5. The largest absolute Gasteiger partial charge is 0.384 e. The van der Waals surface area contributed by atoms with E-state index in [1.807, 2.05) is 24.3 Å². The van der Waals surface area contributed by atoms with Crippen LogP contribution in [-0.4, -0.2) is 24.6 Å². The Kier molecular flexibility index (Phi) is 6.36. The summed E-state index contributed by atoms with van der Waals surface area (Å²) < 4.78 is 0. The van der Waals surface area contributed by atoms with Gasteiger partial charge in [0.1, 0.15) is 0 Å². The molecule has 0 spiro atoms. The van der Waals surface area contributed by atoms with Crippen molar-refractivity contribution in [1.82, 2.24) is 10.3 Å². The molecule has 1 aromatic heterocycles. The number of halogens is 2. The van der Waals surface area contributed by atoms with Crippen molar-refractivity contribution in [2.75, 3.05) is 25.0 Å². The zero-order valence-electron chi connectivity index (χ0n) is 15.8. The molecule has 0 radical (unpaired) electrons. The van der Waals surface area contributed by atoms with E-state index in [4.69, 9.17) is 28.2 Å². The molecule has 1 aliphatic heterocycles. The molecule has 1 atom stereocenters. The van der Waals surface area contributed by atoms with Crippen LogP contribution < -0.4 is 10.6 Å². The maximum atomic E-state index is 6.22. The summed E-state index contributed by atoms with van der Waals surface area (Å²) >= 11 is 12.3. The van der Waals surface area contributed by atoms with E-state index in [-0.39, 0.29) is 0 Å². The molecule has 3 nitrogen and oxygen atoms in total. The maximum absolute atomic E-state index is 6.22. The molecule has 0 aliphatic carbocycles. The van der Waals surface area contributed by atoms with Gasteiger partial charge in [-0.2, -0.15) is 0 Å². The van der Waals surface area contributed by atoms with Gasteiger partial charge in [0.25, 0.3) is 0 Å². The minimum atomic E-state index is 0.546. The van der Waals surface area contributed by atoms with Crippen molar-refractivity contribution in [2.24, 2.45) is 5.92 Å². The monoisotopic (exact) mass is 413 g/mol. The van der Waals surface area contributed by atoms with Crippen LogP contribution in [0, 0.1) is 5.92 Å². The number of fused-ring (bicyclic) bond motifs is 1.